The lowest BCUT2D eigenvalue weighted by Gasteiger charge is -2.25. The molecule has 0 radical (unpaired) electrons. The van der Waals surface area contributed by atoms with Gasteiger partial charge >= 0.3 is 12.1 Å². The quantitative estimate of drug-likeness (QED) is 0.113. The van der Waals surface area contributed by atoms with Crippen molar-refractivity contribution in [3.63, 3.8) is 0 Å². The van der Waals surface area contributed by atoms with Crippen molar-refractivity contribution in [2.24, 2.45) is 5.73 Å². The first-order valence-electron chi connectivity index (χ1n) is 13.2. The highest BCUT2D eigenvalue weighted by Crippen LogP contribution is 2.48. The van der Waals surface area contributed by atoms with E-state index < -0.39 is 22.1 Å². The summed E-state index contributed by atoms with van der Waals surface area (Å²) in [6.07, 6.45) is 4.28. The van der Waals surface area contributed by atoms with Crippen molar-refractivity contribution < 1.29 is 36.3 Å². The van der Waals surface area contributed by atoms with E-state index >= 15 is 0 Å². The highest BCUT2D eigenvalue weighted by atomic mass is 32.2. The molecule has 12 heteroatoms. The molecular formula is C30H29FN2O7S2. The van der Waals surface area contributed by atoms with Gasteiger partial charge in [-0.2, -0.15) is 11.8 Å². The summed E-state index contributed by atoms with van der Waals surface area (Å²) in [5, 5.41) is 0.381. The lowest BCUT2D eigenvalue weighted by molar-refractivity contribution is 0.0640. The Morgan fingerprint density at radius 2 is 1.71 bits per heavy atom. The molecule has 0 spiro atoms. The summed E-state index contributed by atoms with van der Waals surface area (Å²) in [7, 11) is -3.62. The first kappa shape index (κ1) is 29.5. The number of carbonyl (C=O) groups excluding carboxylic acids is 2. The number of primary amides is 1. The number of fused-ring (bicyclic) bond motifs is 1. The van der Waals surface area contributed by atoms with E-state index in [0.717, 1.165) is 24.2 Å². The molecule has 1 aliphatic carbocycles. The van der Waals surface area contributed by atoms with E-state index in [1.807, 2.05) is 6.26 Å². The Morgan fingerprint density at radius 3 is 2.29 bits per heavy atom. The molecule has 0 bridgehead atoms. The van der Waals surface area contributed by atoms with Crippen LogP contribution in [0.2, 0.25) is 0 Å². The van der Waals surface area contributed by atoms with Crippen LogP contribution in [0.15, 0.2) is 65.1 Å². The summed E-state index contributed by atoms with van der Waals surface area (Å²) in [6, 6.07) is 15.6. The summed E-state index contributed by atoms with van der Waals surface area (Å²) in [6.45, 7) is 0.296. The number of amides is 1. The molecule has 3 aromatic carbocycles. The van der Waals surface area contributed by atoms with E-state index in [-0.39, 0.29) is 28.6 Å². The molecule has 1 saturated carbocycles. The summed E-state index contributed by atoms with van der Waals surface area (Å²) in [5.74, 6) is 0.555. The normalized spacial score (nSPS) is 13.2. The number of nitrogens with zero attached hydrogens (tertiary/aromatic N) is 1. The first-order valence-corrected chi connectivity index (χ1v) is 16.4. The van der Waals surface area contributed by atoms with Crippen molar-refractivity contribution in [1.29, 1.82) is 0 Å². The van der Waals surface area contributed by atoms with Gasteiger partial charge in [0.2, 0.25) is 10.0 Å². The van der Waals surface area contributed by atoms with Crippen LogP contribution in [0.4, 0.5) is 14.9 Å². The van der Waals surface area contributed by atoms with Crippen LogP contribution >= 0.6 is 11.8 Å². The minimum Gasteiger partial charge on any atom is -0.457 e. The molecule has 0 unspecified atom stereocenters. The van der Waals surface area contributed by atoms with Crippen LogP contribution in [0.1, 0.15) is 41.1 Å². The molecule has 0 aliphatic heterocycles. The molecule has 1 amide bonds. The van der Waals surface area contributed by atoms with Crippen LogP contribution in [0.3, 0.4) is 0 Å². The highest BCUT2D eigenvalue weighted by Gasteiger charge is 2.33. The molecule has 0 saturated heterocycles. The zero-order valence-electron chi connectivity index (χ0n) is 23.0. The van der Waals surface area contributed by atoms with Crippen LogP contribution < -0.4 is 14.8 Å². The molecule has 4 aromatic rings. The topological polar surface area (TPSA) is 129 Å². The molecule has 1 heterocycles. The Hall–Kier alpha value is -4.03. The first-order chi connectivity index (χ1) is 20.0. The van der Waals surface area contributed by atoms with Gasteiger partial charge in [0.05, 0.1) is 11.9 Å². The second-order valence-electron chi connectivity index (χ2n) is 9.96. The third-order valence-electron chi connectivity index (χ3n) is 6.80. The predicted octanol–water partition coefficient (Wildman–Crippen LogP) is 6.66. The Morgan fingerprint density at radius 1 is 1.07 bits per heavy atom. The van der Waals surface area contributed by atoms with Gasteiger partial charge in [-0.1, -0.05) is 0 Å². The van der Waals surface area contributed by atoms with Crippen LogP contribution in [-0.4, -0.2) is 45.3 Å². The Kier molecular flexibility index (Phi) is 8.46. The van der Waals surface area contributed by atoms with Crippen molar-refractivity contribution in [3.8, 4) is 22.8 Å². The molecule has 1 fully saturated rings. The lowest BCUT2D eigenvalue weighted by Crippen LogP contribution is -2.32. The maximum Gasteiger partial charge on any atom is 0.412 e. The summed E-state index contributed by atoms with van der Waals surface area (Å²) in [5.41, 5.74) is 7.18. The molecule has 5 rings (SSSR count). The summed E-state index contributed by atoms with van der Waals surface area (Å²) < 4.78 is 57.1. The van der Waals surface area contributed by atoms with E-state index in [9.17, 15) is 22.4 Å². The van der Waals surface area contributed by atoms with E-state index in [2.05, 4.69) is 0 Å². The molecule has 2 N–H and O–H groups in total. The van der Waals surface area contributed by atoms with Crippen LogP contribution in [0.25, 0.3) is 22.3 Å². The van der Waals surface area contributed by atoms with Gasteiger partial charge in [0, 0.05) is 23.6 Å². The van der Waals surface area contributed by atoms with Gasteiger partial charge in [-0.05, 0) is 97.3 Å². The smallest absolute Gasteiger partial charge is 0.412 e. The minimum absolute atomic E-state index is 0.00209. The second kappa shape index (κ2) is 12.1. The fraction of sp³-hybridized carbons (Fsp3) is 0.267. The molecule has 1 aromatic heterocycles. The molecule has 220 valence electrons. The molecule has 1 aliphatic rings. The number of esters is 1. The average molecular weight is 613 g/mol. The minimum atomic E-state index is -3.62. The fourth-order valence-electron chi connectivity index (χ4n) is 4.77. The largest absolute Gasteiger partial charge is 0.457 e. The van der Waals surface area contributed by atoms with Gasteiger partial charge in [0.25, 0.3) is 0 Å². The molecule has 0 atom stereocenters. The second-order valence-corrected chi connectivity index (χ2v) is 12.9. The van der Waals surface area contributed by atoms with Gasteiger partial charge in [-0.25, -0.2) is 22.4 Å². The number of nitrogens with two attached hydrogens (primary N) is 1. The number of thioether (sulfide) groups is 1. The number of ether oxygens (including phenoxy) is 2. The van der Waals surface area contributed by atoms with Gasteiger partial charge in [-0.15, -0.1) is 0 Å². The number of benzene rings is 3. The molecular weight excluding hydrogens is 583 g/mol. The molecule has 9 nitrogen and oxygen atoms in total. The van der Waals surface area contributed by atoms with Crippen molar-refractivity contribution in [1.82, 2.24) is 0 Å². The Balaban J connectivity index is 1.61. The van der Waals surface area contributed by atoms with Crippen LogP contribution in [0.5, 0.6) is 11.5 Å². The zero-order chi connectivity index (χ0) is 30.0. The maximum atomic E-state index is 13.2. The predicted molar refractivity (Wildman–Crippen MR) is 160 cm³/mol. The highest BCUT2D eigenvalue weighted by molar-refractivity contribution is 7.98. The van der Waals surface area contributed by atoms with Crippen molar-refractivity contribution in [3.05, 3.63) is 77.6 Å². The van der Waals surface area contributed by atoms with Gasteiger partial charge < -0.3 is 19.6 Å². The number of hydrogen-bond donors (Lipinski definition) is 1. The number of hydrogen-bond acceptors (Lipinski definition) is 8. The average Bonchev–Trinajstić information content (AvgIpc) is 3.71. The summed E-state index contributed by atoms with van der Waals surface area (Å²) in [4.78, 5) is 24.7. The number of rotatable bonds is 11. The van der Waals surface area contributed by atoms with E-state index in [4.69, 9.17) is 19.6 Å². The number of furan rings is 1. The van der Waals surface area contributed by atoms with Crippen LogP contribution in [-0.2, 0) is 14.8 Å². The Labute approximate surface area is 246 Å². The Bertz CT molecular complexity index is 1730. The van der Waals surface area contributed by atoms with Crippen molar-refractivity contribution in [2.75, 3.05) is 29.1 Å². The van der Waals surface area contributed by atoms with Crippen molar-refractivity contribution in [2.45, 2.75) is 25.2 Å². The van der Waals surface area contributed by atoms with E-state index in [1.54, 1.807) is 48.2 Å². The zero-order valence-corrected chi connectivity index (χ0v) is 24.6. The standard InChI is InChI=1S/C30H29FN2O7S2/c1-41-15-3-14-33(42(2,36)37)25-17-26-24(16-23(25)18-4-5-18)27(29(34)40-30(32)35)28(39-26)19-6-10-21(11-7-19)38-22-12-8-20(31)9-13-22/h6-13,16-18H,3-5,14-15H2,1-2H3,(H2,32,35). The third-order valence-corrected chi connectivity index (χ3v) is 8.67. The molecule has 42 heavy (non-hydrogen) atoms. The fourth-order valence-corrected chi connectivity index (χ4v) is 6.16. The third kappa shape index (κ3) is 6.55. The van der Waals surface area contributed by atoms with Gasteiger partial charge in [0.15, 0.2) is 0 Å². The number of sulfonamides is 1. The summed E-state index contributed by atoms with van der Waals surface area (Å²) >= 11 is 1.63. The lowest BCUT2D eigenvalue weighted by atomic mass is 10.0. The van der Waals surface area contributed by atoms with E-state index in [1.165, 1.54) is 34.8 Å². The SMILES string of the molecule is CSCCCN(c1cc2oc(-c3ccc(Oc4ccc(F)cc4)cc3)c(C(=O)OC(N)=O)c2cc1C1CC1)S(C)(=O)=O. The van der Waals surface area contributed by atoms with E-state index in [0.29, 0.717) is 41.1 Å². The van der Waals surface area contributed by atoms with Gasteiger partial charge in [-0.3, -0.25) is 4.31 Å². The van der Waals surface area contributed by atoms with Crippen LogP contribution in [0, 0.1) is 5.82 Å². The van der Waals surface area contributed by atoms with Gasteiger partial charge in [0.1, 0.15) is 34.2 Å². The number of carbonyl (C=O) groups is 2. The van der Waals surface area contributed by atoms with Crippen molar-refractivity contribution >= 4 is 50.5 Å². The number of anilines is 1. The monoisotopic (exact) mass is 612 g/mol. The maximum absolute atomic E-state index is 13.2. The number of halogens is 1.